The maximum absolute atomic E-state index is 6.09. The molecule has 2 rings (SSSR count). The SMILES string of the molecule is CN(Cc1c(Cl)cncc1Cl)C[C@@H]1CCOC1. The van der Waals surface area contributed by atoms with E-state index in [1.165, 1.54) is 0 Å². The lowest BCUT2D eigenvalue weighted by atomic mass is 10.1. The largest absolute Gasteiger partial charge is 0.381 e. The molecule has 1 atom stereocenters. The van der Waals surface area contributed by atoms with E-state index in [4.69, 9.17) is 27.9 Å². The molecule has 1 aliphatic heterocycles. The number of rotatable bonds is 4. The van der Waals surface area contributed by atoms with Crippen molar-refractivity contribution in [2.24, 2.45) is 5.92 Å². The molecule has 0 aliphatic carbocycles. The fourth-order valence-corrected chi connectivity index (χ4v) is 2.58. The quantitative estimate of drug-likeness (QED) is 0.844. The Morgan fingerprint density at radius 1 is 1.41 bits per heavy atom. The standard InChI is InChI=1S/C12H16Cl2N2O/c1-16(6-9-2-3-17-8-9)7-10-11(13)4-15-5-12(10)14/h4-5,9H,2-3,6-8H2,1H3/t9-/m0/s1. The molecule has 0 saturated carbocycles. The monoisotopic (exact) mass is 274 g/mol. The van der Waals surface area contributed by atoms with Crippen LogP contribution in [0, 0.1) is 5.92 Å². The van der Waals surface area contributed by atoms with E-state index >= 15 is 0 Å². The molecule has 0 aromatic carbocycles. The normalized spacial score (nSPS) is 20.1. The molecular formula is C12H16Cl2N2O. The molecule has 0 bridgehead atoms. The molecule has 0 unspecified atom stereocenters. The minimum atomic E-state index is 0.624. The number of halogens is 2. The van der Waals surface area contributed by atoms with Gasteiger partial charge < -0.3 is 9.64 Å². The number of hydrogen-bond donors (Lipinski definition) is 0. The molecule has 1 saturated heterocycles. The van der Waals surface area contributed by atoms with E-state index in [0.717, 1.165) is 38.3 Å². The minimum Gasteiger partial charge on any atom is -0.381 e. The highest BCUT2D eigenvalue weighted by Crippen LogP contribution is 2.24. The van der Waals surface area contributed by atoms with E-state index in [9.17, 15) is 0 Å². The minimum absolute atomic E-state index is 0.624. The zero-order valence-electron chi connectivity index (χ0n) is 9.83. The van der Waals surface area contributed by atoms with Crippen molar-refractivity contribution in [1.82, 2.24) is 9.88 Å². The van der Waals surface area contributed by atoms with Crippen LogP contribution in [0.25, 0.3) is 0 Å². The zero-order valence-corrected chi connectivity index (χ0v) is 11.3. The lowest BCUT2D eigenvalue weighted by Crippen LogP contribution is -2.25. The third kappa shape index (κ3) is 3.55. The molecule has 1 aromatic heterocycles. The van der Waals surface area contributed by atoms with Gasteiger partial charge in [0.2, 0.25) is 0 Å². The van der Waals surface area contributed by atoms with E-state index < -0.39 is 0 Å². The summed E-state index contributed by atoms with van der Waals surface area (Å²) in [6, 6.07) is 0. The Bertz CT molecular complexity index is 361. The van der Waals surface area contributed by atoms with Crippen molar-refractivity contribution < 1.29 is 4.74 Å². The van der Waals surface area contributed by atoms with Crippen molar-refractivity contribution in [2.45, 2.75) is 13.0 Å². The summed E-state index contributed by atoms with van der Waals surface area (Å²) in [6.45, 7) is 3.50. The zero-order chi connectivity index (χ0) is 12.3. The molecule has 1 aliphatic rings. The Kier molecular flexibility index (Phi) is 4.62. The van der Waals surface area contributed by atoms with Crippen LogP contribution in [0.1, 0.15) is 12.0 Å². The van der Waals surface area contributed by atoms with E-state index in [2.05, 4.69) is 16.9 Å². The van der Waals surface area contributed by atoms with Gasteiger partial charge in [0.1, 0.15) is 0 Å². The lowest BCUT2D eigenvalue weighted by molar-refractivity contribution is 0.173. The van der Waals surface area contributed by atoms with Crippen LogP contribution in [0.4, 0.5) is 0 Å². The van der Waals surface area contributed by atoms with Crippen molar-refractivity contribution in [1.29, 1.82) is 0 Å². The second kappa shape index (κ2) is 6.01. The Morgan fingerprint density at radius 2 is 2.12 bits per heavy atom. The molecule has 0 spiro atoms. The molecule has 2 heterocycles. The summed E-state index contributed by atoms with van der Waals surface area (Å²) < 4.78 is 5.37. The fourth-order valence-electron chi connectivity index (χ4n) is 2.09. The highest BCUT2D eigenvalue weighted by atomic mass is 35.5. The van der Waals surface area contributed by atoms with Crippen LogP contribution in [-0.2, 0) is 11.3 Å². The average molecular weight is 275 g/mol. The third-order valence-electron chi connectivity index (χ3n) is 2.97. The van der Waals surface area contributed by atoms with Crippen LogP contribution in [0.3, 0.4) is 0 Å². The Morgan fingerprint density at radius 3 is 2.71 bits per heavy atom. The molecule has 94 valence electrons. The van der Waals surface area contributed by atoms with Crippen molar-refractivity contribution >= 4 is 23.2 Å². The summed E-state index contributed by atoms with van der Waals surface area (Å²) in [5.41, 5.74) is 0.949. The Hall–Kier alpha value is -0.350. The number of pyridine rings is 1. The third-order valence-corrected chi connectivity index (χ3v) is 3.63. The van der Waals surface area contributed by atoms with E-state index in [-0.39, 0.29) is 0 Å². The van der Waals surface area contributed by atoms with E-state index in [1.54, 1.807) is 12.4 Å². The highest BCUT2D eigenvalue weighted by Gasteiger charge is 2.18. The van der Waals surface area contributed by atoms with Gasteiger partial charge >= 0.3 is 0 Å². The Labute approximate surface area is 112 Å². The van der Waals surface area contributed by atoms with Gasteiger partial charge in [-0.1, -0.05) is 23.2 Å². The van der Waals surface area contributed by atoms with Crippen LogP contribution < -0.4 is 0 Å². The van der Waals surface area contributed by atoms with Crippen molar-refractivity contribution in [3.8, 4) is 0 Å². The van der Waals surface area contributed by atoms with Gasteiger partial charge in [0, 0.05) is 37.7 Å². The molecule has 17 heavy (non-hydrogen) atoms. The number of nitrogens with zero attached hydrogens (tertiary/aromatic N) is 2. The second-order valence-corrected chi connectivity index (χ2v) is 5.32. The number of aromatic nitrogens is 1. The maximum atomic E-state index is 6.09. The Balaban J connectivity index is 1.95. The van der Waals surface area contributed by atoms with Gasteiger partial charge in [0.05, 0.1) is 16.7 Å². The molecule has 0 radical (unpaired) electrons. The van der Waals surface area contributed by atoms with Gasteiger partial charge in [-0.05, 0) is 19.4 Å². The van der Waals surface area contributed by atoms with Crippen molar-refractivity contribution in [3.05, 3.63) is 28.0 Å². The summed E-state index contributed by atoms with van der Waals surface area (Å²) in [5.74, 6) is 0.624. The number of hydrogen-bond acceptors (Lipinski definition) is 3. The van der Waals surface area contributed by atoms with Gasteiger partial charge in [-0.3, -0.25) is 4.98 Å². The van der Waals surface area contributed by atoms with Crippen LogP contribution in [0.5, 0.6) is 0 Å². The summed E-state index contributed by atoms with van der Waals surface area (Å²) in [7, 11) is 2.07. The average Bonchev–Trinajstić information content (AvgIpc) is 2.76. The molecule has 0 N–H and O–H groups in total. The first-order chi connectivity index (χ1) is 8.16. The molecule has 3 nitrogen and oxygen atoms in total. The van der Waals surface area contributed by atoms with Crippen LogP contribution in [0.2, 0.25) is 10.0 Å². The summed E-state index contributed by atoms with van der Waals surface area (Å²) in [6.07, 6.45) is 4.41. The van der Waals surface area contributed by atoms with Crippen LogP contribution >= 0.6 is 23.2 Å². The summed E-state index contributed by atoms with van der Waals surface area (Å²) in [4.78, 5) is 6.18. The van der Waals surface area contributed by atoms with Crippen molar-refractivity contribution in [3.63, 3.8) is 0 Å². The van der Waals surface area contributed by atoms with Gasteiger partial charge in [0.25, 0.3) is 0 Å². The van der Waals surface area contributed by atoms with Gasteiger partial charge in [-0.2, -0.15) is 0 Å². The predicted molar refractivity (Wildman–Crippen MR) is 69.5 cm³/mol. The first-order valence-corrected chi connectivity index (χ1v) is 6.46. The van der Waals surface area contributed by atoms with Crippen LogP contribution in [-0.4, -0.2) is 36.7 Å². The fraction of sp³-hybridized carbons (Fsp3) is 0.583. The van der Waals surface area contributed by atoms with Gasteiger partial charge in [-0.25, -0.2) is 0 Å². The first kappa shape index (κ1) is 13.1. The second-order valence-electron chi connectivity index (χ2n) is 4.51. The molecular weight excluding hydrogens is 259 g/mol. The summed E-state index contributed by atoms with van der Waals surface area (Å²) >= 11 is 12.2. The van der Waals surface area contributed by atoms with Crippen molar-refractivity contribution in [2.75, 3.05) is 26.8 Å². The smallest absolute Gasteiger partial charge is 0.0649 e. The van der Waals surface area contributed by atoms with Gasteiger partial charge in [-0.15, -0.1) is 0 Å². The lowest BCUT2D eigenvalue weighted by Gasteiger charge is -2.21. The number of ether oxygens (including phenoxy) is 1. The molecule has 1 fully saturated rings. The maximum Gasteiger partial charge on any atom is 0.0649 e. The van der Waals surface area contributed by atoms with Crippen LogP contribution in [0.15, 0.2) is 12.4 Å². The summed E-state index contributed by atoms with van der Waals surface area (Å²) in [5, 5.41) is 1.26. The molecule has 0 amide bonds. The van der Waals surface area contributed by atoms with Gasteiger partial charge in [0.15, 0.2) is 0 Å². The van der Waals surface area contributed by atoms with E-state index in [0.29, 0.717) is 16.0 Å². The first-order valence-electron chi connectivity index (χ1n) is 5.71. The van der Waals surface area contributed by atoms with E-state index in [1.807, 2.05) is 0 Å². The topological polar surface area (TPSA) is 25.4 Å². The molecule has 1 aromatic rings. The molecule has 5 heteroatoms. The predicted octanol–water partition coefficient (Wildman–Crippen LogP) is 2.86. The highest BCUT2D eigenvalue weighted by molar-refractivity contribution is 6.35.